The van der Waals surface area contributed by atoms with Crippen molar-refractivity contribution >= 4 is 17.5 Å². The third-order valence-electron chi connectivity index (χ3n) is 0.698. The van der Waals surface area contributed by atoms with Crippen molar-refractivity contribution in [1.82, 2.24) is 5.43 Å². The summed E-state index contributed by atoms with van der Waals surface area (Å²) < 4.78 is 0. The Hall–Kier alpha value is -0.280. The summed E-state index contributed by atoms with van der Waals surface area (Å²) in [4.78, 5) is 10.3. The van der Waals surface area contributed by atoms with Crippen LogP contribution in [0.4, 0.5) is 0 Å². The lowest BCUT2D eigenvalue weighted by atomic mass is 10.3. The standard InChI is InChI=1S/C4H9ClN2O/c5-3-1-2-4(8)7-6/h1-3,6H2,(H,7,8). The van der Waals surface area contributed by atoms with Crippen LogP contribution in [0.1, 0.15) is 12.8 Å². The molecule has 0 aliphatic carbocycles. The Morgan fingerprint density at radius 1 is 1.75 bits per heavy atom. The Bertz CT molecular complexity index is 76.4. The van der Waals surface area contributed by atoms with Gasteiger partial charge in [0, 0.05) is 12.3 Å². The van der Waals surface area contributed by atoms with Gasteiger partial charge in [0.1, 0.15) is 0 Å². The minimum atomic E-state index is -0.161. The van der Waals surface area contributed by atoms with Crippen molar-refractivity contribution in [2.45, 2.75) is 12.8 Å². The zero-order valence-electron chi connectivity index (χ0n) is 4.48. The van der Waals surface area contributed by atoms with Crippen LogP contribution in [-0.4, -0.2) is 11.8 Å². The Morgan fingerprint density at radius 2 is 2.38 bits per heavy atom. The van der Waals surface area contributed by atoms with Crippen LogP contribution in [0.5, 0.6) is 0 Å². The van der Waals surface area contributed by atoms with E-state index in [0.29, 0.717) is 18.7 Å². The van der Waals surface area contributed by atoms with E-state index >= 15 is 0 Å². The molecule has 8 heavy (non-hydrogen) atoms. The maximum atomic E-state index is 10.3. The molecular formula is C4H9ClN2O. The molecule has 4 heteroatoms. The molecule has 0 aliphatic heterocycles. The minimum absolute atomic E-state index is 0.161. The van der Waals surface area contributed by atoms with E-state index in [1.807, 2.05) is 5.43 Å². The summed E-state index contributed by atoms with van der Waals surface area (Å²) in [5.74, 6) is 5.12. The molecule has 0 saturated heterocycles. The Labute approximate surface area is 53.2 Å². The van der Waals surface area contributed by atoms with Gasteiger partial charge < -0.3 is 0 Å². The van der Waals surface area contributed by atoms with Crippen molar-refractivity contribution in [2.24, 2.45) is 5.84 Å². The zero-order valence-corrected chi connectivity index (χ0v) is 5.24. The molecule has 0 atom stereocenters. The van der Waals surface area contributed by atoms with Gasteiger partial charge in [0.15, 0.2) is 0 Å². The second kappa shape index (κ2) is 4.87. The van der Waals surface area contributed by atoms with Crippen LogP contribution in [0.25, 0.3) is 0 Å². The molecule has 0 aromatic rings. The second-order valence-electron chi connectivity index (χ2n) is 1.36. The van der Waals surface area contributed by atoms with E-state index in [4.69, 9.17) is 17.4 Å². The third-order valence-corrected chi connectivity index (χ3v) is 0.966. The van der Waals surface area contributed by atoms with Gasteiger partial charge in [-0.15, -0.1) is 11.6 Å². The van der Waals surface area contributed by atoms with E-state index in [1.165, 1.54) is 0 Å². The van der Waals surface area contributed by atoms with Crippen molar-refractivity contribution in [1.29, 1.82) is 0 Å². The largest absolute Gasteiger partial charge is 0.294 e. The van der Waals surface area contributed by atoms with Gasteiger partial charge in [-0.2, -0.15) is 0 Å². The smallest absolute Gasteiger partial charge is 0.233 e. The summed E-state index contributed by atoms with van der Waals surface area (Å²) in [7, 11) is 0. The number of carbonyl (C=O) groups is 1. The number of rotatable bonds is 3. The fourth-order valence-electron chi connectivity index (χ4n) is 0.300. The van der Waals surface area contributed by atoms with E-state index < -0.39 is 0 Å². The number of hydrazine groups is 1. The highest BCUT2D eigenvalue weighted by atomic mass is 35.5. The van der Waals surface area contributed by atoms with Crippen LogP contribution >= 0.6 is 11.6 Å². The summed E-state index contributed by atoms with van der Waals surface area (Å²) in [5.41, 5.74) is 2.00. The number of halogens is 1. The number of nitrogens with two attached hydrogens (primary N) is 1. The first-order valence-corrected chi connectivity index (χ1v) is 2.90. The third kappa shape index (κ3) is 3.89. The summed E-state index contributed by atoms with van der Waals surface area (Å²) in [5, 5.41) is 0. The maximum Gasteiger partial charge on any atom is 0.233 e. The van der Waals surface area contributed by atoms with Crippen LogP contribution in [0.3, 0.4) is 0 Å². The number of amides is 1. The second-order valence-corrected chi connectivity index (χ2v) is 1.74. The molecule has 3 nitrogen and oxygen atoms in total. The molecule has 0 aliphatic rings. The average molecular weight is 137 g/mol. The average Bonchev–Trinajstić information content (AvgIpc) is 1.83. The highest BCUT2D eigenvalue weighted by molar-refractivity contribution is 6.17. The fraction of sp³-hybridized carbons (Fsp3) is 0.750. The number of nitrogens with one attached hydrogen (secondary N) is 1. The maximum absolute atomic E-state index is 10.3. The molecule has 48 valence electrons. The van der Waals surface area contributed by atoms with E-state index in [2.05, 4.69) is 0 Å². The summed E-state index contributed by atoms with van der Waals surface area (Å²) in [6, 6.07) is 0. The summed E-state index contributed by atoms with van der Waals surface area (Å²) in [6.45, 7) is 0. The van der Waals surface area contributed by atoms with Crippen molar-refractivity contribution in [3.63, 3.8) is 0 Å². The van der Waals surface area contributed by atoms with Gasteiger partial charge in [-0.1, -0.05) is 0 Å². The molecule has 0 fully saturated rings. The topological polar surface area (TPSA) is 55.1 Å². The molecule has 0 aromatic carbocycles. The molecule has 0 unspecified atom stereocenters. The molecule has 0 spiro atoms. The minimum Gasteiger partial charge on any atom is -0.294 e. The Kier molecular flexibility index (Phi) is 4.70. The molecule has 0 heterocycles. The predicted molar refractivity (Wildman–Crippen MR) is 32.3 cm³/mol. The summed E-state index contributed by atoms with van der Waals surface area (Å²) >= 11 is 5.28. The highest BCUT2D eigenvalue weighted by Gasteiger charge is 1.93. The SMILES string of the molecule is NNC(=O)CCCCl. The zero-order chi connectivity index (χ0) is 6.41. The number of carbonyl (C=O) groups excluding carboxylic acids is 1. The normalized spacial score (nSPS) is 8.75. The van der Waals surface area contributed by atoms with Crippen molar-refractivity contribution in [2.75, 3.05) is 5.88 Å². The molecular weight excluding hydrogens is 128 g/mol. The van der Waals surface area contributed by atoms with Gasteiger partial charge in [-0.3, -0.25) is 10.2 Å². The first-order valence-electron chi connectivity index (χ1n) is 2.36. The van der Waals surface area contributed by atoms with E-state index in [-0.39, 0.29) is 5.91 Å². The van der Waals surface area contributed by atoms with Crippen LogP contribution in [-0.2, 0) is 4.79 Å². The van der Waals surface area contributed by atoms with Gasteiger partial charge in [0.2, 0.25) is 5.91 Å². The Balaban J connectivity index is 2.99. The van der Waals surface area contributed by atoms with Crippen LogP contribution < -0.4 is 11.3 Å². The molecule has 0 saturated carbocycles. The molecule has 0 bridgehead atoms. The van der Waals surface area contributed by atoms with E-state index in [0.717, 1.165) is 0 Å². The fourth-order valence-corrected chi connectivity index (χ4v) is 0.433. The van der Waals surface area contributed by atoms with Crippen molar-refractivity contribution < 1.29 is 4.79 Å². The lowest BCUT2D eigenvalue weighted by Gasteiger charge is -1.93. The van der Waals surface area contributed by atoms with Gasteiger partial charge in [0.25, 0.3) is 0 Å². The first kappa shape index (κ1) is 7.72. The molecule has 0 aromatic heterocycles. The molecule has 3 N–H and O–H groups in total. The van der Waals surface area contributed by atoms with Crippen molar-refractivity contribution in [3.05, 3.63) is 0 Å². The molecule has 0 rings (SSSR count). The number of hydrogen-bond donors (Lipinski definition) is 2. The van der Waals surface area contributed by atoms with Gasteiger partial charge in [-0.05, 0) is 6.42 Å². The van der Waals surface area contributed by atoms with Gasteiger partial charge >= 0.3 is 0 Å². The lowest BCUT2D eigenvalue weighted by molar-refractivity contribution is -0.121. The van der Waals surface area contributed by atoms with Gasteiger partial charge in [-0.25, -0.2) is 5.84 Å². The van der Waals surface area contributed by atoms with E-state index in [1.54, 1.807) is 0 Å². The number of alkyl halides is 1. The monoisotopic (exact) mass is 136 g/mol. The molecule has 1 amide bonds. The summed E-state index contributed by atoms with van der Waals surface area (Å²) in [6.07, 6.45) is 1.10. The van der Waals surface area contributed by atoms with Crippen LogP contribution in [0.15, 0.2) is 0 Å². The van der Waals surface area contributed by atoms with Crippen molar-refractivity contribution in [3.8, 4) is 0 Å². The Morgan fingerprint density at radius 3 is 2.75 bits per heavy atom. The van der Waals surface area contributed by atoms with Crippen LogP contribution in [0, 0.1) is 0 Å². The first-order chi connectivity index (χ1) is 3.81. The van der Waals surface area contributed by atoms with E-state index in [9.17, 15) is 4.79 Å². The lowest BCUT2D eigenvalue weighted by Crippen LogP contribution is -2.29. The number of hydrogen-bond acceptors (Lipinski definition) is 2. The predicted octanol–water partition coefficient (Wildman–Crippen LogP) is -0.00470. The quantitative estimate of drug-likeness (QED) is 0.248. The van der Waals surface area contributed by atoms with Gasteiger partial charge in [0.05, 0.1) is 0 Å². The highest BCUT2D eigenvalue weighted by Crippen LogP contribution is 1.89. The molecule has 0 radical (unpaired) electrons. The van der Waals surface area contributed by atoms with Crippen LogP contribution in [0.2, 0.25) is 0 Å².